The first-order chi connectivity index (χ1) is 14.4. The Bertz CT molecular complexity index is 642. The summed E-state index contributed by atoms with van der Waals surface area (Å²) >= 11 is 0. The number of nitrogens with one attached hydrogen (secondary N) is 2. The Hall–Kier alpha value is -1.80. The summed E-state index contributed by atoms with van der Waals surface area (Å²) in [6, 6.07) is 7.30. The summed E-state index contributed by atoms with van der Waals surface area (Å²) in [5, 5.41) is 6.78. The molecule has 170 valence electrons. The van der Waals surface area contributed by atoms with Crippen molar-refractivity contribution in [2.24, 2.45) is 10.4 Å². The normalized spacial score (nSPS) is 16.6. The van der Waals surface area contributed by atoms with Crippen LogP contribution in [0.5, 0.6) is 0 Å². The monoisotopic (exact) mass is 429 g/mol. The standard InChI is InChI=1S/C22H34F3N3O2/c1-3-26-20(28-16-21(12-13-29-2)10-4-5-11-21)27-14-18-6-8-19(9-7-18)15-30-17-22(23,24)25/h6-9H,3-5,10-17H2,1-2H3,(H2,26,27,28). The van der Waals surface area contributed by atoms with Gasteiger partial charge >= 0.3 is 6.18 Å². The molecule has 1 aromatic carbocycles. The lowest BCUT2D eigenvalue weighted by atomic mass is 9.83. The molecule has 0 unspecified atom stereocenters. The van der Waals surface area contributed by atoms with E-state index in [4.69, 9.17) is 9.47 Å². The predicted molar refractivity (Wildman–Crippen MR) is 112 cm³/mol. The molecule has 1 saturated carbocycles. The fourth-order valence-corrected chi connectivity index (χ4v) is 3.77. The van der Waals surface area contributed by atoms with E-state index in [2.05, 4.69) is 15.6 Å². The van der Waals surface area contributed by atoms with E-state index in [1.165, 1.54) is 25.7 Å². The highest BCUT2D eigenvalue weighted by Crippen LogP contribution is 2.40. The van der Waals surface area contributed by atoms with Gasteiger partial charge in [0.25, 0.3) is 0 Å². The summed E-state index contributed by atoms with van der Waals surface area (Å²) in [5.41, 5.74) is 1.96. The lowest BCUT2D eigenvalue weighted by Crippen LogP contribution is -2.43. The highest BCUT2D eigenvalue weighted by molar-refractivity contribution is 5.79. The van der Waals surface area contributed by atoms with Gasteiger partial charge in [-0.05, 0) is 42.7 Å². The van der Waals surface area contributed by atoms with Crippen LogP contribution < -0.4 is 10.6 Å². The third kappa shape index (κ3) is 8.92. The molecule has 0 bridgehead atoms. The fourth-order valence-electron chi connectivity index (χ4n) is 3.77. The van der Waals surface area contributed by atoms with Crippen molar-refractivity contribution in [1.82, 2.24) is 10.6 Å². The predicted octanol–water partition coefficient (Wildman–Crippen LogP) is 4.42. The number of nitrogens with zero attached hydrogens (tertiary/aromatic N) is 1. The average molecular weight is 430 g/mol. The quantitative estimate of drug-likeness (QED) is 0.404. The average Bonchev–Trinajstić information content (AvgIpc) is 3.18. The minimum absolute atomic E-state index is 0.0587. The molecule has 1 aliphatic carbocycles. The first-order valence-corrected chi connectivity index (χ1v) is 10.6. The van der Waals surface area contributed by atoms with E-state index in [9.17, 15) is 13.2 Å². The van der Waals surface area contributed by atoms with Gasteiger partial charge in [0.05, 0.1) is 13.2 Å². The number of ether oxygens (including phenoxy) is 2. The van der Waals surface area contributed by atoms with Gasteiger partial charge in [0.1, 0.15) is 6.61 Å². The van der Waals surface area contributed by atoms with Gasteiger partial charge in [-0.15, -0.1) is 0 Å². The molecule has 0 radical (unpaired) electrons. The Morgan fingerprint density at radius 1 is 1.10 bits per heavy atom. The van der Waals surface area contributed by atoms with Crippen molar-refractivity contribution in [3.8, 4) is 0 Å². The zero-order valence-corrected chi connectivity index (χ0v) is 18.0. The number of methoxy groups -OCH3 is 1. The second-order valence-corrected chi connectivity index (χ2v) is 7.92. The number of guanidine groups is 1. The Balaban J connectivity index is 1.87. The van der Waals surface area contributed by atoms with E-state index in [0.717, 1.165) is 37.6 Å². The van der Waals surface area contributed by atoms with Crippen LogP contribution in [0.2, 0.25) is 0 Å². The molecule has 1 aliphatic rings. The molecule has 0 atom stereocenters. The summed E-state index contributed by atoms with van der Waals surface area (Å²) < 4.78 is 46.4. The summed E-state index contributed by atoms with van der Waals surface area (Å²) in [6.07, 6.45) is 1.69. The van der Waals surface area contributed by atoms with Crippen LogP contribution in [0.3, 0.4) is 0 Å². The SMILES string of the molecule is CCNC(=NCc1ccc(COCC(F)(F)F)cc1)NCC1(CCOC)CCCC1. The van der Waals surface area contributed by atoms with Gasteiger partial charge < -0.3 is 20.1 Å². The maximum atomic E-state index is 12.2. The smallest absolute Gasteiger partial charge is 0.385 e. The topological polar surface area (TPSA) is 54.9 Å². The number of rotatable bonds is 11. The van der Waals surface area contributed by atoms with Crippen LogP contribution in [0.4, 0.5) is 13.2 Å². The number of hydrogen-bond acceptors (Lipinski definition) is 3. The first kappa shape index (κ1) is 24.5. The van der Waals surface area contributed by atoms with Crippen molar-refractivity contribution >= 4 is 5.96 Å². The van der Waals surface area contributed by atoms with Crippen LogP contribution in [0.25, 0.3) is 0 Å². The molecular formula is C22H34F3N3O2. The second kappa shape index (κ2) is 12.2. The number of benzene rings is 1. The first-order valence-electron chi connectivity index (χ1n) is 10.6. The Morgan fingerprint density at radius 3 is 2.37 bits per heavy atom. The molecule has 0 amide bonds. The van der Waals surface area contributed by atoms with E-state index in [1.54, 1.807) is 19.2 Å². The molecule has 0 aromatic heterocycles. The van der Waals surface area contributed by atoms with Gasteiger partial charge in [0.2, 0.25) is 0 Å². The number of halogens is 3. The van der Waals surface area contributed by atoms with Crippen LogP contribution in [0.15, 0.2) is 29.3 Å². The molecule has 1 fully saturated rings. The van der Waals surface area contributed by atoms with Crippen LogP contribution in [0, 0.1) is 5.41 Å². The highest BCUT2D eigenvalue weighted by Gasteiger charge is 2.33. The van der Waals surface area contributed by atoms with E-state index in [0.29, 0.717) is 12.1 Å². The molecular weight excluding hydrogens is 395 g/mol. The van der Waals surface area contributed by atoms with Crippen LogP contribution in [-0.2, 0) is 22.6 Å². The molecule has 0 aliphatic heterocycles. The maximum Gasteiger partial charge on any atom is 0.411 e. The van der Waals surface area contributed by atoms with E-state index >= 15 is 0 Å². The molecule has 30 heavy (non-hydrogen) atoms. The van der Waals surface area contributed by atoms with Gasteiger partial charge in [-0.25, -0.2) is 4.99 Å². The maximum absolute atomic E-state index is 12.2. The summed E-state index contributed by atoms with van der Waals surface area (Å²) in [6.45, 7) is 3.64. The molecule has 0 saturated heterocycles. The van der Waals surface area contributed by atoms with Crippen molar-refractivity contribution in [2.45, 2.75) is 58.4 Å². The Morgan fingerprint density at radius 2 is 1.77 bits per heavy atom. The van der Waals surface area contributed by atoms with Gasteiger partial charge in [-0.3, -0.25) is 0 Å². The van der Waals surface area contributed by atoms with E-state index in [1.807, 2.05) is 19.1 Å². The van der Waals surface area contributed by atoms with Gasteiger partial charge in [0, 0.05) is 26.8 Å². The van der Waals surface area contributed by atoms with Gasteiger partial charge in [-0.1, -0.05) is 37.1 Å². The van der Waals surface area contributed by atoms with Crippen LogP contribution in [-0.4, -0.2) is 45.5 Å². The third-order valence-corrected chi connectivity index (χ3v) is 5.45. The summed E-state index contributed by atoms with van der Waals surface area (Å²) in [7, 11) is 1.75. The van der Waals surface area contributed by atoms with E-state index < -0.39 is 12.8 Å². The lowest BCUT2D eigenvalue weighted by molar-refractivity contribution is -0.176. The van der Waals surface area contributed by atoms with Crippen molar-refractivity contribution in [1.29, 1.82) is 0 Å². The number of aliphatic imine (C=N–C) groups is 1. The zero-order chi connectivity index (χ0) is 21.9. The second-order valence-electron chi connectivity index (χ2n) is 7.92. The molecule has 2 N–H and O–H groups in total. The van der Waals surface area contributed by atoms with Gasteiger partial charge in [-0.2, -0.15) is 13.2 Å². The molecule has 2 rings (SSSR count). The van der Waals surface area contributed by atoms with Crippen LogP contribution in [0.1, 0.15) is 50.2 Å². The number of alkyl halides is 3. The van der Waals surface area contributed by atoms with Crippen molar-refractivity contribution in [2.75, 3.05) is 33.4 Å². The van der Waals surface area contributed by atoms with Crippen molar-refractivity contribution in [3.05, 3.63) is 35.4 Å². The number of hydrogen-bond donors (Lipinski definition) is 2. The fraction of sp³-hybridized carbons (Fsp3) is 0.682. The largest absolute Gasteiger partial charge is 0.411 e. The molecule has 5 nitrogen and oxygen atoms in total. The van der Waals surface area contributed by atoms with E-state index in [-0.39, 0.29) is 12.0 Å². The molecule has 1 aromatic rings. The van der Waals surface area contributed by atoms with Crippen molar-refractivity contribution < 1.29 is 22.6 Å². The highest BCUT2D eigenvalue weighted by atomic mass is 19.4. The van der Waals surface area contributed by atoms with Crippen molar-refractivity contribution in [3.63, 3.8) is 0 Å². The minimum atomic E-state index is -4.30. The lowest BCUT2D eigenvalue weighted by Gasteiger charge is -2.30. The molecule has 0 spiro atoms. The Labute approximate surface area is 177 Å². The van der Waals surface area contributed by atoms with Gasteiger partial charge in [0.15, 0.2) is 5.96 Å². The minimum Gasteiger partial charge on any atom is -0.385 e. The summed E-state index contributed by atoms with van der Waals surface area (Å²) in [5.74, 6) is 0.777. The zero-order valence-electron chi connectivity index (χ0n) is 18.0. The van der Waals surface area contributed by atoms with Crippen LogP contribution >= 0.6 is 0 Å². The summed E-state index contributed by atoms with van der Waals surface area (Å²) in [4.78, 5) is 4.66. The third-order valence-electron chi connectivity index (χ3n) is 5.45. The Kier molecular flexibility index (Phi) is 9.91. The molecule has 8 heteroatoms. The molecule has 0 heterocycles.